The second-order valence-electron chi connectivity index (χ2n) is 4.73. The van der Waals surface area contributed by atoms with Crippen LogP contribution in [0.2, 0.25) is 0 Å². The summed E-state index contributed by atoms with van der Waals surface area (Å²) < 4.78 is 7.06. The van der Waals surface area contributed by atoms with Crippen molar-refractivity contribution in [2.45, 2.75) is 19.9 Å². The number of ether oxygens (including phenoxy) is 1. The van der Waals surface area contributed by atoms with Crippen molar-refractivity contribution in [3.8, 4) is 29.4 Å². The minimum atomic E-state index is -0.222. The van der Waals surface area contributed by atoms with E-state index < -0.39 is 0 Å². The molecular weight excluding hydrogens is 278 g/mol. The summed E-state index contributed by atoms with van der Waals surface area (Å²) in [6.45, 7) is 2.89. The number of aromatic nitrogens is 2. The SMILES string of the molecule is C#CCNC(=O)c1cc(-c2ccccc2OC)nn1CCC. The molecule has 1 aromatic heterocycles. The van der Waals surface area contributed by atoms with Crippen LogP contribution in [-0.4, -0.2) is 29.3 Å². The summed E-state index contributed by atoms with van der Waals surface area (Å²) in [5.41, 5.74) is 2.06. The summed E-state index contributed by atoms with van der Waals surface area (Å²) in [4.78, 5) is 12.2. The molecule has 0 aliphatic rings. The first-order valence-electron chi connectivity index (χ1n) is 7.14. The Bertz CT molecular complexity index is 698. The molecule has 0 saturated heterocycles. The zero-order chi connectivity index (χ0) is 15.9. The molecule has 0 spiro atoms. The molecule has 5 heteroatoms. The Balaban J connectivity index is 2.42. The van der Waals surface area contributed by atoms with Crippen molar-refractivity contribution in [1.29, 1.82) is 0 Å². The van der Waals surface area contributed by atoms with Crippen LogP contribution in [0.3, 0.4) is 0 Å². The molecule has 0 bridgehead atoms. The van der Waals surface area contributed by atoms with Gasteiger partial charge in [-0.25, -0.2) is 0 Å². The number of carbonyl (C=O) groups excluding carboxylic acids is 1. The first-order valence-corrected chi connectivity index (χ1v) is 7.14. The van der Waals surface area contributed by atoms with E-state index in [0.29, 0.717) is 17.9 Å². The number of nitrogens with zero attached hydrogens (tertiary/aromatic N) is 2. The highest BCUT2D eigenvalue weighted by Gasteiger charge is 2.17. The van der Waals surface area contributed by atoms with Gasteiger partial charge >= 0.3 is 0 Å². The fourth-order valence-corrected chi connectivity index (χ4v) is 2.19. The van der Waals surface area contributed by atoms with Gasteiger partial charge in [-0.3, -0.25) is 9.48 Å². The summed E-state index contributed by atoms with van der Waals surface area (Å²) in [6, 6.07) is 9.35. The van der Waals surface area contributed by atoms with E-state index in [-0.39, 0.29) is 12.5 Å². The lowest BCUT2D eigenvalue weighted by molar-refractivity contribution is 0.0947. The Hall–Kier alpha value is -2.74. The molecule has 1 heterocycles. The highest BCUT2D eigenvalue weighted by molar-refractivity contribution is 5.94. The van der Waals surface area contributed by atoms with Gasteiger partial charge < -0.3 is 10.1 Å². The zero-order valence-electron chi connectivity index (χ0n) is 12.8. The molecule has 22 heavy (non-hydrogen) atoms. The molecule has 0 unspecified atom stereocenters. The smallest absolute Gasteiger partial charge is 0.270 e. The third kappa shape index (κ3) is 3.29. The monoisotopic (exact) mass is 297 g/mol. The van der Waals surface area contributed by atoms with Gasteiger partial charge in [-0.1, -0.05) is 25.0 Å². The number of terminal acetylenes is 1. The number of hydrogen-bond donors (Lipinski definition) is 1. The molecule has 1 amide bonds. The van der Waals surface area contributed by atoms with Crippen LogP contribution in [0.1, 0.15) is 23.8 Å². The van der Waals surface area contributed by atoms with Crippen molar-refractivity contribution in [1.82, 2.24) is 15.1 Å². The van der Waals surface area contributed by atoms with Crippen LogP contribution < -0.4 is 10.1 Å². The van der Waals surface area contributed by atoms with Crippen LogP contribution in [0, 0.1) is 12.3 Å². The van der Waals surface area contributed by atoms with Crippen molar-refractivity contribution in [2.24, 2.45) is 0 Å². The molecule has 0 fully saturated rings. The van der Waals surface area contributed by atoms with E-state index in [1.807, 2.05) is 31.2 Å². The van der Waals surface area contributed by atoms with Crippen LogP contribution in [0.25, 0.3) is 11.3 Å². The van der Waals surface area contributed by atoms with E-state index >= 15 is 0 Å². The molecule has 1 aromatic carbocycles. The zero-order valence-corrected chi connectivity index (χ0v) is 12.8. The molecule has 114 valence electrons. The Morgan fingerprint density at radius 3 is 2.91 bits per heavy atom. The molecule has 2 aromatic rings. The number of amides is 1. The number of benzene rings is 1. The fraction of sp³-hybridized carbons (Fsp3) is 0.294. The fourth-order valence-electron chi connectivity index (χ4n) is 2.19. The Morgan fingerprint density at radius 1 is 1.45 bits per heavy atom. The number of carbonyl (C=O) groups is 1. The van der Waals surface area contributed by atoms with Crippen LogP contribution in [-0.2, 0) is 6.54 Å². The van der Waals surface area contributed by atoms with Gasteiger partial charge in [-0.15, -0.1) is 6.42 Å². The number of hydrogen-bond acceptors (Lipinski definition) is 3. The van der Waals surface area contributed by atoms with E-state index in [9.17, 15) is 4.79 Å². The van der Waals surface area contributed by atoms with Gasteiger partial charge in [-0.05, 0) is 24.6 Å². The number of methoxy groups -OCH3 is 1. The second-order valence-corrected chi connectivity index (χ2v) is 4.73. The average Bonchev–Trinajstić information content (AvgIpc) is 2.96. The van der Waals surface area contributed by atoms with Crippen LogP contribution in [0.15, 0.2) is 30.3 Å². The number of rotatable bonds is 6. The van der Waals surface area contributed by atoms with E-state index in [1.54, 1.807) is 17.9 Å². The molecule has 0 radical (unpaired) electrons. The number of aryl methyl sites for hydroxylation is 1. The average molecular weight is 297 g/mol. The maximum absolute atomic E-state index is 12.2. The maximum atomic E-state index is 12.2. The predicted molar refractivity (Wildman–Crippen MR) is 85.7 cm³/mol. The molecule has 0 aliphatic heterocycles. The van der Waals surface area contributed by atoms with Gasteiger partial charge in [0.2, 0.25) is 0 Å². The standard InChI is InChI=1S/C17H19N3O2/c1-4-10-18-17(21)15-12-14(19-20(15)11-5-2)13-8-6-7-9-16(13)22-3/h1,6-9,12H,5,10-11H2,2-3H3,(H,18,21). The van der Waals surface area contributed by atoms with Crippen LogP contribution >= 0.6 is 0 Å². The molecule has 1 N–H and O–H groups in total. The van der Waals surface area contributed by atoms with Crippen LogP contribution in [0.4, 0.5) is 0 Å². The van der Waals surface area contributed by atoms with Gasteiger partial charge in [0.05, 0.1) is 19.3 Å². The quantitative estimate of drug-likeness (QED) is 0.833. The highest BCUT2D eigenvalue weighted by Crippen LogP contribution is 2.29. The first-order chi connectivity index (χ1) is 10.7. The van der Waals surface area contributed by atoms with Crippen molar-refractivity contribution in [2.75, 3.05) is 13.7 Å². The number of para-hydroxylation sites is 1. The summed E-state index contributed by atoms with van der Waals surface area (Å²) in [7, 11) is 1.61. The predicted octanol–water partition coefficient (Wildman–Crippen LogP) is 2.33. The Kier molecular flexibility index (Phi) is 5.21. The largest absolute Gasteiger partial charge is 0.496 e. The summed E-state index contributed by atoms with van der Waals surface area (Å²) >= 11 is 0. The Labute approximate surface area is 130 Å². The topological polar surface area (TPSA) is 56.1 Å². The van der Waals surface area contributed by atoms with Gasteiger partial charge in [0.1, 0.15) is 11.4 Å². The van der Waals surface area contributed by atoms with Gasteiger partial charge in [0, 0.05) is 12.1 Å². The molecule has 5 nitrogen and oxygen atoms in total. The third-order valence-corrected chi connectivity index (χ3v) is 3.18. The Morgan fingerprint density at radius 2 is 2.23 bits per heavy atom. The van der Waals surface area contributed by atoms with E-state index in [1.165, 1.54) is 0 Å². The first kappa shape index (κ1) is 15.6. The third-order valence-electron chi connectivity index (χ3n) is 3.18. The molecule has 0 saturated carbocycles. The van der Waals surface area contributed by atoms with Crippen molar-refractivity contribution in [3.63, 3.8) is 0 Å². The molecule has 0 aliphatic carbocycles. The lowest BCUT2D eigenvalue weighted by Crippen LogP contribution is -2.26. The summed E-state index contributed by atoms with van der Waals surface area (Å²) in [5, 5.41) is 7.21. The highest BCUT2D eigenvalue weighted by atomic mass is 16.5. The van der Waals surface area contributed by atoms with E-state index in [2.05, 4.69) is 16.3 Å². The van der Waals surface area contributed by atoms with Gasteiger partial charge in [0.15, 0.2) is 0 Å². The second kappa shape index (κ2) is 7.32. The lowest BCUT2D eigenvalue weighted by Gasteiger charge is -2.05. The van der Waals surface area contributed by atoms with Gasteiger partial charge in [0.25, 0.3) is 5.91 Å². The minimum Gasteiger partial charge on any atom is -0.496 e. The molecular formula is C17H19N3O2. The van der Waals surface area contributed by atoms with Crippen molar-refractivity contribution in [3.05, 3.63) is 36.0 Å². The van der Waals surface area contributed by atoms with E-state index in [4.69, 9.17) is 11.2 Å². The number of nitrogens with one attached hydrogen (secondary N) is 1. The van der Waals surface area contributed by atoms with Crippen molar-refractivity contribution < 1.29 is 9.53 Å². The van der Waals surface area contributed by atoms with Crippen LogP contribution in [0.5, 0.6) is 5.75 Å². The maximum Gasteiger partial charge on any atom is 0.270 e. The molecule has 0 atom stereocenters. The van der Waals surface area contributed by atoms with E-state index in [0.717, 1.165) is 17.7 Å². The van der Waals surface area contributed by atoms with Gasteiger partial charge in [-0.2, -0.15) is 5.10 Å². The summed E-state index contributed by atoms with van der Waals surface area (Å²) in [5.74, 6) is 2.89. The molecule has 2 rings (SSSR count). The van der Waals surface area contributed by atoms with Crippen molar-refractivity contribution >= 4 is 5.91 Å². The lowest BCUT2D eigenvalue weighted by atomic mass is 10.1. The minimum absolute atomic E-state index is 0.195. The normalized spacial score (nSPS) is 10.0. The summed E-state index contributed by atoms with van der Waals surface area (Å²) in [6.07, 6.45) is 6.06.